The van der Waals surface area contributed by atoms with E-state index in [1.54, 1.807) is 6.33 Å². The van der Waals surface area contributed by atoms with Gasteiger partial charge in [-0.1, -0.05) is 13.3 Å². The maximum atomic E-state index is 5.48. The van der Waals surface area contributed by atoms with Crippen molar-refractivity contribution in [2.75, 3.05) is 13.7 Å². The Bertz CT molecular complexity index is 341. The van der Waals surface area contributed by atoms with Crippen LogP contribution in [0.4, 0.5) is 0 Å². The lowest BCUT2D eigenvalue weighted by molar-refractivity contribution is 0.322. The van der Waals surface area contributed by atoms with Crippen molar-refractivity contribution in [3.05, 3.63) is 17.6 Å². The number of nitrogens with one attached hydrogen (secondary N) is 1. The average Bonchev–Trinajstić information content (AvgIpc) is 2.33. The van der Waals surface area contributed by atoms with Crippen LogP contribution in [-0.2, 0) is 6.42 Å². The van der Waals surface area contributed by atoms with E-state index < -0.39 is 0 Å². The molecular weight excluding hydrogens is 214 g/mol. The Morgan fingerprint density at radius 3 is 2.71 bits per heavy atom. The minimum Gasteiger partial charge on any atom is -0.478 e. The third-order valence-electron chi connectivity index (χ3n) is 2.91. The summed E-state index contributed by atoms with van der Waals surface area (Å²) in [5.74, 6) is 0.712. The molecule has 1 aromatic heterocycles. The highest BCUT2D eigenvalue weighted by atomic mass is 16.5. The molecule has 0 saturated carbocycles. The summed E-state index contributed by atoms with van der Waals surface area (Å²) in [6.07, 6.45) is 4.85. The van der Waals surface area contributed by atoms with Gasteiger partial charge < -0.3 is 10.1 Å². The molecule has 4 heteroatoms. The third kappa shape index (κ3) is 3.97. The molecule has 1 aromatic rings. The van der Waals surface area contributed by atoms with Crippen LogP contribution >= 0.6 is 0 Å². The molecule has 0 aliphatic rings. The maximum Gasteiger partial charge on any atom is 0.219 e. The minimum absolute atomic E-state index is 0.475. The zero-order valence-corrected chi connectivity index (χ0v) is 11.3. The van der Waals surface area contributed by atoms with Crippen LogP contribution in [0.15, 0.2) is 6.33 Å². The smallest absolute Gasteiger partial charge is 0.219 e. The largest absolute Gasteiger partial charge is 0.478 e. The number of aromatic nitrogens is 2. The molecule has 0 aliphatic carbocycles. The van der Waals surface area contributed by atoms with Crippen LogP contribution in [0.1, 0.15) is 37.9 Å². The van der Waals surface area contributed by atoms with Crippen molar-refractivity contribution >= 4 is 0 Å². The fraction of sp³-hybridized carbons (Fsp3) is 0.692. The lowest BCUT2D eigenvalue weighted by Crippen LogP contribution is -2.28. The van der Waals surface area contributed by atoms with Crippen molar-refractivity contribution in [1.29, 1.82) is 0 Å². The first kappa shape index (κ1) is 13.9. The Hall–Kier alpha value is -1.16. The molecular formula is C13H23N3O. The fourth-order valence-electron chi connectivity index (χ4n) is 1.89. The van der Waals surface area contributed by atoms with E-state index in [0.29, 0.717) is 18.5 Å². The monoisotopic (exact) mass is 237 g/mol. The minimum atomic E-state index is 0.475. The molecule has 0 fully saturated rings. The van der Waals surface area contributed by atoms with E-state index in [2.05, 4.69) is 22.2 Å². The first-order chi connectivity index (χ1) is 8.22. The van der Waals surface area contributed by atoms with Gasteiger partial charge in [-0.15, -0.1) is 0 Å². The van der Waals surface area contributed by atoms with Crippen LogP contribution in [0.25, 0.3) is 0 Å². The molecule has 0 aromatic carbocycles. The summed E-state index contributed by atoms with van der Waals surface area (Å²) >= 11 is 0. The normalized spacial score (nSPS) is 12.5. The van der Waals surface area contributed by atoms with E-state index in [0.717, 1.165) is 24.1 Å². The Kier molecular flexibility index (Phi) is 5.91. The van der Waals surface area contributed by atoms with Gasteiger partial charge in [0.05, 0.1) is 12.3 Å². The summed E-state index contributed by atoms with van der Waals surface area (Å²) in [5, 5.41) is 3.33. The Balaban J connectivity index is 2.79. The standard InChI is InChI=1S/C13H23N3O/c1-5-7-11(14-4)8-12-10(3)13(17-6-2)16-9-15-12/h9,11,14H,5-8H2,1-4H3. The first-order valence-corrected chi connectivity index (χ1v) is 6.33. The summed E-state index contributed by atoms with van der Waals surface area (Å²) in [4.78, 5) is 8.51. The van der Waals surface area contributed by atoms with Gasteiger partial charge in [-0.2, -0.15) is 0 Å². The van der Waals surface area contributed by atoms with E-state index in [-0.39, 0.29) is 0 Å². The van der Waals surface area contributed by atoms with Gasteiger partial charge in [0.1, 0.15) is 6.33 Å². The van der Waals surface area contributed by atoms with Gasteiger partial charge in [0, 0.05) is 18.0 Å². The van der Waals surface area contributed by atoms with Crippen LogP contribution in [-0.4, -0.2) is 29.7 Å². The lowest BCUT2D eigenvalue weighted by Gasteiger charge is -2.16. The summed E-state index contributed by atoms with van der Waals surface area (Å²) in [6.45, 7) is 6.83. The molecule has 1 atom stereocenters. The number of hydrogen-bond acceptors (Lipinski definition) is 4. The van der Waals surface area contributed by atoms with Gasteiger partial charge in [-0.05, 0) is 27.3 Å². The van der Waals surface area contributed by atoms with Crippen molar-refractivity contribution < 1.29 is 4.74 Å². The highest BCUT2D eigenvalue weighted by molar-refractivity contribution is 5.28. The number of likely N-dealkylation sites (N-methyl/N-ethyl adjacent to an activating group) is 1. The zero-order chi connectivity index (χ0) is 12.7. The number of nitrogens with zero attached hydrogens (tertiary/aromatic N) is 2. The molecule has 17 heavy (non-hydrogen) atoms. The molecule has 1 N–H and O–H groups in total. The van der Waals surface area contributed by atoms with Crippen molar-refractivity contribution in [2.45, 2.75) is 46.1 Å². The number of rotatable bonds is 7. The van der Waals surface area contributed by atoms with E-state index in [4.69, 9.17) is 4.74 Å². The Morgan fingerprint density at radius 2 is 2.12 bits per heavy atom. The second-order valence-electron chi connectivity index (χ2n) is 4.16. The third-order valence-corrected chi connectivity index (χ3v) is 2.91. The van der Waals surface area contributed by atoms with Gasteiger partial charge in [0.2, 0.25) is 5.88 Å². The predicted molar refractivity (Wildman–Crippen MR) is 69.4 cm³/mol. The van der Waals surface area contributed by atoms with Crippen molar-refractivity contribution in [2.24, 2.45) is 0 Å². The van der Waals surface area contributed by atoms with Crippen LogP contribution in [0.2, 0.25) is 0 Å². The number of ether oxygens (including phenoxy) is 1. The van der Waals surface area contributed by atoms with E-state index in [1.165, 1.54) is 6.42 Å². The summed E-state index contributed by atoms with van der Waals surface area (Å²) < 4.78 is 5.48. The van der Waals surface area contributed by atoms with Crippen LogP contribution in [0.3, 0.4) is 0 Å². The molecule has 1 heterocycles. The molecule has 0 amide bonds. The molecule has 0 bridgehead atoms. The molecule has 96 valence electrons. The first-order valence-electron chi connectivity index (χ1n) is 6.33. The quantitative estimate of drug-likeness (QED) is 0.789. The number of hydrogen-bond donors (Lipinski definition) is 1. The average molecular weight is 237 g/mol. The second kappa shape index (κ2) is 7.22. The Labute approximate surface area is 104 Å². The predicted octanol–water partition coefficient (Wildman–Crippen LogP) is 2.11. The van der Waals surface area contributed by atoms with Crippen molar-refractivity contribution in [3.8, 4) is 5.88 Å². The van der Waals surface area contributed by atoms with Crippen molar-refractivity contribution in [1.82, 2.24) is 15.3 Å². The molecule has 4 nitrogen and oxygen atoms in total. The topological polar surface area (TPSA) is 47.0 Å². The maximum absolute atomic E-state index is 5.48. The van der Waals surface area contributed by atoms with Gasteiger partial charge >= 0.3 is 0 Å². The molecule has 0 radical (unpaired) electrons. The lowest BCUT2D eigenvalue weighted by atomic mass is 10.0. The summed E-state index contributed by atoms with van der Waals surface area (Å²) in [7, 11) is 2.00. The molecule has 0 spiro atoms. The van der Waals surface area contributed by atoms with Gasteiger partial charge in [0.25, 0.3) is 0 Å². The van der Waals surface area contributed by atoms with Gasteiger partial charge in [-0.3, -0.25) is 0 Å². The van der Waals surface area contributed by atoms with Crippen LogP contribution < -0.4 is 10.1 Å². The highest BCUT2D eigenvalue weighted by Crippen LogP contribution is 2.18. The van der Waals surface area contributed by atoms with Crippen LogP contribution in [0, 0.1) is 6.92 Å². The zero-order valence-electron chi connectivity index (χ0n) is 11.3. The SMILES string of the molecule is CCCC(Cc1ncnc(OCC)c1C)NC. The van der Waals surface area contributed by atoms with E-state index in [1.807, 2.05) is 20.9 Å². The molecule has 1 unspecified atom stereocenters. The van der Waals surface area contributed by atoms with Crippen LogP contribution in [0.5, 0.6) is 5.88 Å². The van der Waals surface area contributed by atoms with Gasteiger partial charge in [-0.25, -0.2) is 9.97 Å². The highest BCUT2D eigenvalue weighted by Gasteiger charge is 2.12. The summed E-state index contributed by atoms with van der Waals surface area (Å²) in [6, 6.07) is 0.475. The van der Waals surface area contributed by atoms with E-state index in [9.17, 15) is 0 Å². The van der Waals surface area contributed by atoms with E-state index >= 15 is 0 Å². The summed E-state index contributed by atoms with van der Waals surface area (Å²) in [5.41, 5.74) is 2.14. The molecule has 0 aliphatic heterocycles. The Morgan fingerprint density at radius 1 is 1.35 bits per heavy atom. The van der Waals surface area contributed by atoms with Gasteiger partial charge in [0.15, 0.2) is 0 Å². The molecule has 0 saturated heterocycles. The van der Waals surface area contributed by atoms with Crippen molar-refractivity contribution in [3.63, 3.8) is 0 Å². The molecule has 1 rings (SSSR count). The fourth-order valence-corrected chi connectivity index (χ4v) is 1.89. The second-order valence-corrected chi connectivity index (χ2v) is 4.16.